The molecule has 1 saturated carbocycles. The Morgan fingerprint density at radius 2 is 1.64 bits per heavy atom. The number of benzene rings is 1. The van der Waals surface area contributed by atoms with Crippen molar-refractivity contribution in [3.8, 4) is 11.3 Å². The van der Waals surface area contributed by atoms with Crippen molar-refractivity contribution in [3.05, 3.63) is 42.1 Å². The lowest BCUT2D eigenvalue weighted by atomic mass is 9.84. The van der Waals surface area contributed by atoms with E-state index in [2.05, 4.69) is 70.3 Å². The number of hydrogen-bond donors (Lipinski definition) is 1. The SMILES string of the molecule is CC.CN(C)SN(C)C1CCC(c2cc(-c3ccccc3)n[nH]2)CC1. The fourth-order valence-corrected chi connectivity index (χ4v) is 4.24. The second-order valence-electron chi connectivity index (χ2n) is 6.52. The van der Waals surface area contributed by atoms with Crippen LogP contribution in [0.4, 0.5) is 0 Å². The molecule has 1 heterocycles. The Hall–Kier alpha value is -1.30. The highest BCUT2D eigenvalue weighted by atomic mass is 32.2. The van der Waals surface area contributed by atoms with Gasteiger partial charge in [-0.1, -0.05) is 44.2 Å². The summed E-state index contributed by atoms with van der Waals surface area (Å²) in [6.07, 6.45) is 4.97. The van der Waals surface area contributed by atoms with Crippen molar-refractivity contribution in [2.45, 2.75) is 51.5 Å². The van der Waals surface area contributed by atoms with Crippen LogP contribution in [0, 0.1) is 0 Å². The minimum absolute atomic E-state index is 0.619. The average Bonchev–Trinajstić information content (AvgIpc) is 3.14. The Kier molecular flexibility index (Phi) is 8.00. The van der Waals surface area contributed by atoms with Crippen LogP contribution in [0.15, 0.2) is 36.4 Å². The van der Waals surface area contributed by atoms with Crippen LogP contribution in [-0.4, -0.2) is 46.0 Å². The van der Waals surface area contributed by atoms with Crippen LogP contribution in [0.5, 0.6) is 0 Å². The van der Waals surface area contributed by atoms with Gasteiger partial charge in [-0.05, 0) is 52.9 Å². The molecule has 0 bridgehead atoms. The first-order chi connectivity index (χ1) is 12.1. The lowest BCUT2D eigenvalue weighted by Crippen LogP contribution is -2.32. The normalized spacial score (nSPS) is 20.4. The molecule has 1 aliphatic rings. The molecule has 0 spiro atoms. The quantitative estimate of drug-likeness (QED) is 0.745. The van der Waals surface area contributed by atoms with E-state index in [0.29, 0.717) is 12.0 Å². The van der Waals surface area contributed by atoms with Gasteiger partial charge >= 0.3 is 0 Å². The zero-order valence-corrected chi connectivity index (χ0v) is 17.0. The van der Waals surface area contributed by atoms with Gasteiger partial charge in [0.15, 0.2) is 0 Å². The first kappa shape index (κ1) is 20.0. The molecular weight excluding hydrogens is 328 g/mol. The Balaban J connectivity index is 0.00000109. The van der Waals surface area contributed by atoms with Crippen molar-refractivity contribution >= 4 is 12.1 Å². The maximum absolute atomic E-state index is 4.51. The minimum atomic E-state index is 0.619. The van der Waals surface area contributed by atoms with Crippen LogP contribution >= 0.6 is 12.1 Å². The number of aromatic amines is 1. The fraction of sp³-hybridized carbons (Fsp3) is 0.550. The zero-order valence-electron chi connectivity index (χ0n) is 16.2. The monoisotopic (exact) mass is 360 g/mol. The lowest BCUT2D eigenvalue weighted by Gasteiger charge is -2.34. The summed E-state index contributed by atoms with van der Waals surface area (Å²) in [6, 6.07) is 13.3. The molecule has 0 saturated heterocycles. The van der Waals surface area contributed by atoms with E-state index >= 15 is 0 Å². The largest absolute Gasteiger partial charge is 0.282 e. The average molecular weight is 361 g/mol. The Morgan fingerprint density at radius 3 is 2.24 bits per heavy atom. The minimum Gasteiger partial charge on any atom is -0.282 e. The topological polar surface area (TPSA) is 35.2 Å². The molecule has 1 N–H and O–H groups in total. The molecule has 1 aromatic carbocycles. The lowest BCUT2D eigenvalue weighted by molar-refractivity contribution is 0.278. The Morgan fingerprint density at radius 1 is 1.00 bits per heavy atom. The van der Waals surface area contributed by atoms with Crippen molar-refractivity contribution in [1.29, 1.82) is 0 Å². The molecule has 1 aromatic heterocycles. The van der Waals surface area contributed by atoms with E-state index in [1.165, 1.54) is 36.9 Å². The van der Waals surface area contributed by atoms with Gasteiger partial charge in [0.05, 0.1) is 5.69 Å². The summed E-state index contributed by atoms with van der Waals surface area (Å²) < 4.78 is 4.56. The summed E-state index contributed by atoms with van der Waals surface area (Å²) in [6.45, 7) is 4.00. The fourth-order valence-electron chi connectivity index (χ4n) is 3.38. The third-order valence-electron chi connectivity index (χ3n) is 4.61. The van der Waals surface area contributed by atoms with Gasteiger partial charge < -0.3 is 0 Å². The van der Waals surface area contributed by atoms with Crippen molar-refractivity contribution < 1.29 is 0 Å². The van der Waals surface area contributed by atoms with Gasteiger partial charge in [-0.2, -0.15) is 5.10 Å². The van der Waals surface area contributed by atoms with Crippen LogP contribution in [0.3, 0.4) is 0 Å². The van der Waals surface area contributed by atoms with Gasteiger partial charge in [-0.25, -0.2) is 8.61 Å². The van der Waals surface area contributed by atoms with Crippen LogP contribution in [0.2, 0.25) is 0 Å². The van der Waals surface area contributed by atoms with Gasteiger partial charge in [-0.3, -0.25) is 5.10 Å². The second-order valence-corrected chi connectivity index (χ2v) is 7.99. The number of aromatic nitrogens is 2. The molecule has 5 heteroatoms. The second kappa shape index (κ2) is 10.00. The highest BCUT2D eigenvalue weighted by Crippen LogP contribution is 2.36. The molecule has 25 heavy (non-hydrogen) atoms. The van der Waals surface area contributed by atoms with Gasteiger partial charge in [0.2, 0.25) is 0 Å². The summed E-state index contributed by atoms with van der Waals surface area (Å²) in [5.41, 5.74) is 3.54. The molecule has 0 atom stereocenters. The first-order valence-electron chi connectivity index (χ1n) is 9.32. The summed E-state index contributed by atoms with van der Waals surface area (Å²) in [5, 5.41) is 7.78. The summed E-state index contributed by atoms with van der Waals surface area (Å²) >= 11 is 1.81. The van der Waals surface area contributed by atoms with E-state index in [-0.39, 0.29) is 0 Å². The molecular formula is C20H32N4S. The summed E-state index contributed by atoms with van der Waals surface area (Å²) in [5.74, 6) is 0.619. The van der Waals surface area contributed by atoms with Crippen molar-refractivity contribution in [1.82, 2.24) is 18.8 Å². The van der Waals surface area contributed by atoms with E-state index in [1.807, 2.05) is 19.9 Å². The van der Waals surface area contributed by atoms with Crippen LogP contribution in [0.25, 0.3) is 11.3 Å². The summed E-state index contributed by atoms with van der Waals surface area (Å²) in [4.78, 5) is 0. The van der Waals surface area contributed by atoms with Crippen LogP contribution in [-0.2, 0) is 0 Å². The third kappa shape index (κ3) is 5.59. The Labute approximate surface area is 157 Å². The molecule has 0 amide bonds. The number of nitrogens with zero attached hydrogens (tertiary/aromatic N) is 3. The van der Waals surface area contributed by atoms with Crippen LogP contribution < -0.4 is 0 Å². The van der Waals surface area contributed by atoms with E-state index in [0.717, 1.165) is 5.69 Å². The first-order valence-corrected chi connectivity index (χ1v) is 10.1. The third-order valence-corrected chi connectivity index (χ3v) is 5.49. The molecule has 138 valence electrons. The number of rotatable bonds is 5. The molecule has 0 unspecified atom stereocenters. The van der Waals surface area contributed by atoms with E-state index < -0.39 is 0 Å². The molecule has 3 rings (SSSR count). The summed E-state index contributed by atoms with van der Waals surface area (Å²) in [7, 11) is 6.41. The Bertz CT molecular complexity index is 603. The highest BCUT2D eigenvalue weighted by Gasteiger charge is 2.26. The molecule has 4 nitrogen and oxygen atoms in total. The standard InChI is InChI=1S/C18H26N4S.C2H6/c1-21(2)23-22(3)16-11-9-15(10-12-16)18-13-17(19-20-18)14-7-5-4-6-8-14;1-2/h4-8,13,15-16H,9-12H2,1-3H3,(H,19,20);1-2H3. The van der Waals surface area contributed by atoms with Gasteiger partial charge in [-0.15, -0.1) is 0 Å². The number of hydrogen-bond acceptors (Lipinski definition) is 4. The highest BCUT2D eigenvalue weighted by molar-refractivity contribution is 7.94. The van der Waals surface area contributed by atoms with E-state index in [9.17, 15) is 0 Å². The number of nitrogens with one attached hydrogen (secondary N) is 1. The number of H-pyrrole nitrogens is 1. The van der Waals surface area contributed by atoms with Crippen LogP contribution in [0.1, 0.15) is 51.1 Å². The predicted molar refractivity (Wildman–Crippen MR) is 109 cm³/mol. The van der Waals surface area contributed by atoms with Gasteiger partial charge in [0.25, 0.3) is 0 Å². The molecule has 1 fully saturated rings. The predicted octanol–water partition coefficient (Wildman–Crippen LogP) is 5.19. The van der Waals surface area contributed by atoms with Gasteiger partial charge in [0.1, 0.15) is 0 Å². The smallest absolute Gasteiger partial charge is 0.0923 e. The maximum atomic E-state index is 4.51. The van der Waals surface area contributed by atoms with Crippen molar-refractivity contribution in [2.24, 2.45) is 0 Å². The molecule has 0 aliphatic heterocycles. The van der Waals surface area contributed by atoms with E-state index in [4.69, 9.17) is 0 Å². The van der Waals surface area contributed by atoms with Crippen molar-refractivity contribution in [2.75, 3.05) is 21.1 Å². The molecule has 1 aliphatic carbocycles. The molecule has 0 radical (unpaired) electrons. The zero-order chi connectivity index (χ0) is 18.2. The molecule has 2 aromatic rings. The maximum Gasteiger partial charge on any atom is 0.0923 e. The van der Waals surface area contributed by atoms with Gasteiger partial charge in [0, 0.05) is 35.4 Å². The van der Waals surface area contributed by atoms with Crippen molar-refractivity contribution in [3.63, 3.8) is 0 Å². The van der Waals surface area contributed by atoms with E-state index in [1.54, 1.807) is 12.1 Å².